The molecule has 0 aromatic heterocycles. The molecule has 0 saturated carbocycles. The van der Waals surface area contributed by atoms with Crippen molar-refractivity contribution in [2.75, 3.05) is 19.0 Å². The van der Waals surface area contributed by atoms with Gasteiger partial charge in [-0.1, -0.05) is 50.2 Å². The first kappa shape index (κ1) is 25.6. The molecule has 1 aliphatic carbocycles. The SMILES string of the molecule is CCOC(=O)CCC(=O)N(C)[C@@H](c1ccc(NC2Cc3ccccc3C2(C)C)cc1)C(F)(F)F. The lowest BCUT2D eigenvalue weighted by Gasteiger charge is -2.31. The first-order valence-electron chi connectivity index (χ1n) is 11.4. The smallest absolute Gasteiger partial charge is 0.413 e. The minimum absolute atomic E-state index is 0.0426. The summed E-state index contributed by atoms with van der Waals surface area (Å²) in [5.41, 5.74) is 3.08. The number of hydrogen-bond acceptors (Lipinski definition) is 4. The summed E-state index contributed by atoms with van der Waals surface area (Å²) in [6, 6.07) is 12.2. The average Bonchev–Trinajstić information content (AvgIpc) is 3.02. The van der Waals surface area contributed by atoms with E-state index in [1.54, 1.807) is 19.1 Å². The number of esters is 1. The number of nitrogens with one attached hydrogen (secondary N) is 1. The Balaban J connectivity index is 1.73. The summed E-state index contributed by atoms with van der Waals surface area (Å²) in [6.45, 7) is 6.08. The van der Waals surface area contributed by atoms with Gasteiger partial charge in [-0.2, -0.15) is 13.2 Å². The van der Waals surface area contributed by atoms with E-state index in [1.165, 1.54) is 23.3 Å². The van der Waals surface area contributed by atoms with Crippen LogP contribution in [0.2, 0.25) is 0 Å². The van der Waals surface area contributed by atoms with Gasteiger partial charge in [-0.15, -0.1) is 0 Å². The van der Waals surface area contributed by atoms with Gasteiger partial charge in [0.1, 0.15) is 0 Å². The third-order valence-corrected chi connectivity index (χ3v) is 6.51. The van der Waals surface area contributed by atoms with Gasteiger partial charge < -0.3 is 15.0 Å². The minimum Gasteiger partial charge on any atom is -0.466 e. The number of amides is 1. The molecular formula is C26H31F3N2O3. The molecule has 0 radical (unpaired) electrons. The summed E-state index contributed by atoms with van der Waals surface area (Å²) in [4.78, 5) is 24.5. The summed E-state index contributed by atoms with van der Waals surface area (Å²) in [7, 11) is 1.11. The molecule has 3 rings (SSSR count). The predicted molar refractivity (Wildman–Crippen MR) is 124 cm³/mol. The number of anilines is 1. The Morgan fingerprint density at radius 1 is 1.12 bits per heavy atom. The molecule has 34 heavy (non-hydrogen) atoms. The summed E-state index contributed by atoms with van der Waals surface area (Å²) < 4.78 is 46.5. The standard InChI is InChI=1S/C26H31F3N2O3/c1-5-34-23(33)15-14-22(32)31(4)24(26(27,28)29)17-10-12-19(13-11-17)30-21-16-18-8-6-7-9-20(18)25(21,2)3/h6-13,21,24,30H,5,14-16H2,1-4H3/t21?,24-/m0/s1. The van der Waals surface area contributed by atoms with Crippen LogP contribution < -0.4 is 5.32 Å². The number of alkyl halides is 3. The van der Waals surface area contributed by atoms with E-state index in [0.29, 0.717) is 10.6 Å². The zero-order valence-corrected chi connectivity index (χ0v) is 19.9. The fourth-order valence-corrected chi connectivity index (χ4v) is 4.58. The zero-order valence-electron chi connectivity index (χ0n) is 19.9. The van der Waals surface area contributed by atoms with E-state index in [1.807, 2.05) is 12.1 Å². The molecule has 0 fully saturated rings. The molecule has 0 saturated heterocycles. The maximum Gasteiger partial charge on any atom is 0.413 e. The summed E-state index contributed by atoms with van der Waals surface area (Å²) >= 11 is 0. The highest BCUT2D eigenvalue weighted by molar-refractivity contribution is 5.81. The normalized spacial score (nSPS) is 17.6. The van der Waals surface area contributed by atoms with Crippen LogP contribution in [0.4, 0.5) is 18.9 Å². The molecule has 0 aliphatic heterocycles. The van der Waals surface area contributed by atoms with Gasteiger partial charge in [0.2, 0.25) is 5.91 Å². The van der Waals surface area contributed by atoms with Crippen LogP contribution in [-0.4, -0.2) is 42.6 Å². The second-order valence-electron chi connectivity index (χ2n) is 9.16. The Morgan fingerprint density at radius 2 is 1.76 bits per heavy atom. The van der Waals surface area contributed by atoms with E-state index in [9.17, 15) is 22.8 Å². The maximum atomic E-state index is 13.9. The third-order valence-electron chi connectivity index (χ3n) is 6.51. The molecule has 0 bridgehead atoms. The predicted octanol–water partition coefficient (Wildman–Crippen LogP) is 5.41. The van der Waals surface area contributed by atoms with E-state index in [4.69, 9.17) is 4.74 Å². The number of nitrogens with zero attached hydrogens (tertiary/aromatic N) is 1. The second kappa shape index (κ2) is 10.1. The number of carbonyl (C=O) groups excluding carboxylic acids is 2. The van der Waals surface area contributed by atoms with Crippen LogP contribution in [0.25, 0.3) is 0 Å². The van der Waals surface area contributed by atoms with E-state index in [2.05, 4.69) is 31.3 Å². The van der Waals surface area contributed by atoms with Crippen LogP contribution >= 0.6 is 0 Å². The summed E-state index contributed by atoms with van der Waals surface area (Å²) in [6.07, 6.45) is -4.45. The van der Waals surface area contributed by atoms with Crippen molar-refractivity contribution in [1.82, 2.24) is 4.90 Å². The molecule has 2 atom stereocenters. The summed E-state index contributed by atoms with van der Waals surface area (Å²) in [5, 5.41) is 3.47. The largest absolute Gasteiger partial charge is 0.466 e. The van der Waals surface area contributed by atoms with Gasteiger partial charge >= 0.3 is 12.1 Å². The number of benzene rings is 2. The first-order chi connectivity index (χ1) is 15.9. The van der Waals surface area contributed by atoms with Gasteiger partial charge in [-0.3, -0.25) is 9.59 Å². The Hall–Kier alpha value is -3.03. The number of fused-ring (bicyclic) bond motifs is 1. The number of halogens is 3. The fraction of sp³-hybridized carbons (Fsp3) is 0.462. The van der Waals surface area contributed by atoms with E-state index in [0.717, 1.165) is 13.5 Å². The zero-order chi connectivity index (χ0) is 25.1. The fourth-order valence-electron chi connectivity index (χ4n) is 4.58. The number of ether oxygens (including phenoxy) is 1. The lowest BCUT2D eigenvalue weighted by atomic mass is 9.83. The van der Waals surface area contributed by atoms with Gasteiger partial charge in [0.05, 0.1) is 13.0 Å². The molecular weight excluding hydrogens is 445 g/mol. The van der Waals surface area contributed by atoms with Gasteiger partial charge in [-0.25, -0.2) is 0 Å². The maximum absolute atomic E-state index is 13.9. The third kappa shape index (κ3) is 5.54. The lowest BCUT2D eigenvalue weighted by molar-refractivity contribution is -0.189. The number of hydrogen-bond donors (Lipinski definition) is 1. The van der Waals surface area contributed by atoms with Crippen LogP contribution in [-0.2, 0) is 26.2 Å². The molecule has 5 nitrogen and oxygen atoms in total. The second-order valence-corrected chi connectivity index (χ2v) is 9.16. The average molecular weight is 477 g/mol. The van der Waals surface area contributed by atoms with Gasteiger partial charge in [0, 0.05) is 30.6 Å². The van der Waals surface area contributed by atoms with Gasteiger partial charge in [-0.05, 0) is 42.2 Å². The van der Waals surface area contributed by atoms with Crippen LogP contribution in [0.3, 0.4) is 0 Å². The number of carbonyl (C=O) groups is 2. The van der Waals surface area contributed by atoms with Gasteiger partial charge in [0.15, 0.2) is 6.04 Å². The van der Waals surface area contributed by atoms with Crippen molar-refractivity contribution in [2.24, 2.45) is 0 Å². The molecule has 2 aromatic carbocycles. The van der Waals surface area contributed by atoms with Crippen molar-refractivity contribution in [3.05, 3.63) is 65.2 Å². The molecule has 8 heteroatoms. The van der Waals surface area contributed by atoms with E-state index < -0.39 is 24.1 Å². The monoisotopic (exact) mass is 476 g/mol. The molecule has 1 N–H and O–H groups in total. The van der Waals surface area contributed by atoms with Crippen molar-refractivity contribution in [2.45, 2.75) is 63.7 Å². The molecule has 1 aliphatic rings. The lowest BCUT2D eigenvalue weighted by Crippen LogP contribution is -2.40. The van der Waals surface area contributed by atoms with Crippen LogP contribution in [0.1, 0.15) is 56.3 Å². The summed E-state index contributed by atoms with van der Waals surface area (Å²) in [5.74, 6) is -1.39. The number of rotatable bonds is 8. The Labute approximate surface area is 198 Å². The Kier molecular flexibility index (Phi) is 7.58. The van der Waals surface area contributed by atoms with Crippen LogP contribution in [0.15, 0.2) is 48.5 Å². The highest BCUT2D eigenvalue weighted by Gasteiger charge is 2.45. The van der Waals surface area contributed by atoms with Gasteiger partial charge in [0.25, 0.3) is 0 Å². The Bertz CT molecular complexity index is 1020. The van der Waals surface area contributed by atoms with E-state index in [-0.39, 0.29) is 36.5 Å². The molecule has 1 amide bonds. The van der Waals surface area contributed by atoms with Crippen molar-refractivity contribution in [3.8, 4) is 0 Å². The molecule has 1 unspecified atom stereocenters. The van der Waals surface area contributed by atoms with Crippen molar-refractivity contribution in [3.63, 3.8) is 0 Å². The Morgan fingerprint density at radius 3 is 2.35 bits per heavy atom. The molecule has 2 aromatic rings. The van der Waals surface area contributed by atoms with Crippen molar-refractivity contribution < 1.29 is 27.5 Å². The topological polar surface area (TPSA) is 58.6 Å². The van der Waals surface area contributed by atoms with Crippen LogP contribution in [0, 0.1) is 0 Å². The first-order valence-corrected chi connectivity index (χ1v) is 11.4. The minimum atomic E-state index is -4.67. The van der Waals surface area contributed by atoms with Crippen molar-refractivity contribution in [1.29, 1.82) is 0 Å². The van der Waals surface area contributed by atoms with Crippen molar-refractivity contribution >= 4 is 17.6 Å². The highest BCUT2D eigenvalue weighted by atomic mass is 19.4. The molecule has 0 spiro atoms. The quantitative estimate of drug-likeness (QED) is 0.518. The molecule has 184 valence electrons. The highest BCUT2D eigenvalue weighted by Crippen LogP contribution is 2.41. The molecule has 0 heterocycles. The van der Waals surface area contributed by atoms with E-state index >= 15 is 0 Å². The van der Waals surface area contributed by atoms with Crippen LogP contribution in [0.5, 0.6) is 0 Å².